The summed E-state index contributed by atoms with van der Waals surface area (Å²) in [6.45, 7) is 0. The van der Waals surface area contributed by atoms with Gasteiger partial charge in [0.05, 0.1) is 37.0 Å². The lowest BCUT2D eigenvalue weighted by atomic mass is 10.1. The second-order valence-electron chi connectivity index (χ2n) is 7.52. The molecule has 0 aliphatic carbocycles. The number of ether oxygens (including phenoxy) is 2. The number of hydrogen-bond acceptors (Lipinski definition) is 6. The van der Waals surface area contributed by atoms with E-state index in [2.05, 4.69) is 15.4 Å². The van der Waals surface area contributed by atoms with E-state index in [1.54, 1.807) is 55.8 Å². The predicted molar refractivity (Wildman–Crippen MR) is 130 cm³/mol. The Kier molecular flexibility index (Phi) is 5.39. The van der Waals surface area contributed by atoms with E-state index >= 15 is 0 Å². The molecule has 8 nitrogen and oxygen atoms in total. The number of benzene rings is 3. The number of amides is 1. The normalized spacial score (nSPS) is 10.9. The van der Waals surface area contributed by atoms with Crippen LogP contribution in [0.2, 0.25) is 0 Å². The van der Waals surface area contributed by atoms with Crippen LogP contribution in [-0.2, 0) is 0 Å². The second-order valence-corrected chi connectivity index (χ2v) is 7.52. The molecule has 3 aromatic carbocycles. The zero-order valence-electron chi connectivity index (χ0n) is 18.5. The lowest BCUT2D eigenvalue weighted by Crippen LogP contribution is -2.27. The topological polar surface area (TPSA) is 95.3 Å². The van der Waals surface area contributed by atoms with E-state index < -0.39 is 5.91 Å². The van der Waals surface area contributed by atoms with Crippen molar-refractivity contribution in [3.05, 3.63) is 95.0 Å². The van der Waals surface area contributed by atoms with Gasteiger partial charge >= 0.3 is 0 Å². The fourth-order valence-corrected chi connectivity index (χ4v) is 3.81. The van der Waals surface area contributed by atoms with Gasteiger partial charge in [-0.25, -0.2) is 0 Å². The summed E-state index contributed by atoms with van der Waals surface area (Å²) in [4.78, 5) is 31.0. The van der Waals surface area contributed by atoms with E-state index in [4.69, 9.17) is 9.47 Å². The minimum atomic E-state index is -0.463. The molecule has 0 saturated carbocycles. The maximum atomic E-state index is 13.3. The summed E-state index contributed by atoms with van der Waals surface area (Å²) in [5.74, 6) is 0.486. The van der Waals surface area contributed by atoms with Crippen LogP contribution < -0.4 is 20.3 Å². The molecule has 2 aromatic heterocycles. The first-order chi connectivity index (χ1) is 16.6. The number of methoxy groups -OCH3 is 2. The third-order valence-corrected chi connectivity index (χ3v) is 5.48. The number of rotatable bonds is 5. The second kappa shape index (κ2) is 8.67. The van der Waals surface area contributed by atoms with Crippen molar-refractivity contribution >= 4 is 33.3 Å². The van der Waals surface area contributed by atoms with Gasteiger partial charge in [0.25, 0.3) is 11.5 Å². The van der Waals surface area contributed by atoms with Crippen LogP contribution in [0.3, 0.4) is 0 Å². The van der Waals surface area contributed by atoms with Crippen LogP contribution in [0.25, 0.3) is 27.4 Å². The molecule has 0 spiro atoms. The molecule has 168 valence electrons. The molecule has 0 fully saturated rings. The van der Waals surface area contributed by atoms with E-state index in [0.29, 0.717) is 33.6 Å². The Morgan fingerprint density at radius 3 is 2.47 bits per heavy atom. The maximum absolute atomic E-state index is 13.3. The van der Waals surface area contributed by atoms with Gasteiger partial charge in [-0.2, -0.15) is 9.78 Å². The van der Waals surface area contributed by atoms with Crippen LogP contribution in [0.15, 0.2) is 83.8 Å². The average molecular weight is 452 g/mol. The fraction of sp³-hybridized carbons (Fsp3) is 0.0769. The largest absolute Gasteiger partial charge is 0.497 e. The van der Waals surface area contributed by atoms with Crippen LogP contribution in [0, 0.1) is 0 Å². The van der Waals surface area contributed by atoms with Crippen molar-refractivity contribution in [3.8, 4) is 17.2 Å². The van der Waals surface area contributed by atoms with Crippen molar-refractivity contribution < 1.29 is 14.3 Å². The summed E-state index contributed by atoms with van der Waals surface area (Å²) in [7, 11) is 3.03. The molecule has 0 aliphatic heterocycles. The number of anilines is 1. The van der Waals surface area contributed by atoms with E-state index in [-0.39, 0.29) is 11.3 Å². The number of aromatic nitrogens is 3. The summed E-state index contributed by atoms with van der Waals surface area (Å²) in [5.41, 5.74) is 1.46. The van der Waals surface area contributed by atoms with Gasteiger partial charge in [0.15, 0.2) is 5.69 Å². The third-order valence-electron chi connectivity index (χ3n) is 5.48. The number of pyridine rings is 1. The molecule has 0 aliphatic rings. The Balaban J connectivity index is 1.64. The molecule has 2 heterocycles. The summed E-state index contributed by atoms with van der Waals surface area (Å²) < 4.78 is 11.9. The average Bonchev–Trinajstić information content (AvgIpc) is 2.88. The molecule has 5 aromatic rings. The van der Waals surface area contributed by atoms with Gasteiger partial charge in [0.1, 0.15) is 17.2 Å². The van der Waals surface area contributed by atoms with E-state index in [9.17, 15) is 9.59 Å². The number of nitrogens with zero attached hydrogens (tertiary/aromatic N) is 3. The molecule has 1 amide bonds. The molecule has 5 rings (SSSR count). The van der Waals surface area contributed by atoms with Gasteiger partial charge in [-0.1, -0.05) is 36.4 Å². The highest BCUT2D eigenvalue weighted by Crippen LogP contribution is 2.27. The molecule has 1 N–H and O–H groups in total. The number of hydrogen-bond donors (Lipinski definition) is 1. The minimum Gasteiger partial charge on any atom is -0.497 e. The minimum absolute atomic E-state index is 0.0984. The van der Waals surface area contributed by atoms with E-state index in [1.165, 1.54) is 11.8 Å². The van der Waals surface area contributed by atoms with Crippen LogP contribution >= 0.6 is 0 Å². The number of fused-ring (bicyclic) bond motifs is 2. The Labute approximate surface area is 194 Å². The number of para-hydroxylation sites is 1. The zero-order chi connectivity index (χ0) is 23.7. The first-order valence-corrected chi connectivity index (χ1v) is 10.5. The SMILES string of the molecule is COc1ccc(-n2nc(C(=O)Nc3cnc4ccccc4c3)c3ccccc3c2=O)c(OC)c1. The van der Waals surface area contributed by atoms with Gasteiger partial charge in [-0.3, -0.25) is 14.6 Å². The Morgan fingerprint density at radius 1 is 0.912 bits per heavy atom. The fourth-order valence-electron chi connectivity index (χ4n) is 3.81. The summed E-state index contributed by atoms with van der Waals surface area (Å²) >= 11 is 0. The monoisotopic (exact) mass is 452 g/mol. The van der Waals surface area contributed by atoms with Crippen molar-refractivity contribution in [2.45, 2.75) is 0 Å². The Bertz CT molecular complexity index is 1610. The van der Waals surface area contributed by atoms with Crippen molar-refractivity contribution in [2.24, 2.45) is 0 Å². The van der Waals surface area contributed by atoms with E-state index in [0.717, 1.165) is 10.9 Å². The molecule has 0 bridgehead atoms. The zero-order valence-corrected chi connectivity index (χ0v) is 18.5. The Hall–Kier alpha value is -4.72. The first-order valence-electron chi connectivity index (χ1n) is 10.5. The highest BCUT2D eigenvalue weighted by molar-refractivity contribution is 6.11. The molecule has 8 heteroatoms. The molecule has 0 atom stereocenters. The number of nitrogens with one attached hydrogen (secondary N) is 1. The highest BCUT2D eigenvalue weighted by Gasteiger charge is 2.20. The van der Waals surface area contributed by atoms with Crippen LogP contribution in [0.5, 0.6) is 11.5 Å². The van der Waals surface area contributed by atoms with Crippen LogP contribution in [0.4, 0.5) is 5.69 Å². The van der Waals surface area contributed by atoms with Crippen molar-refractivity contribution in [3.63, 3.8) is 0 Å². The molecule has 34 heavy (non-hydrogen) atoms. The predicted octanol–water partition coefficient (Wildman–Crippen LogP) is 4.20. The molecule has 0 saturated heterocycles. The molecular weight excluding hydrogens is 432 g/mol. The summed E-state index contributed by atoms with van der Waals surface area (Å²) in [5, 5.41) is 9.00. The smallest absolute Gasteiger partial charge is 0.279 e. The summed E-state index contributed by atoms with van der Waals surface area (Å²) in [6.07, 6.45) is 1.59. The van der Waals surface area contributed by atoms with Gasteiger partial charge in [0.2, 0.25) is 0 Å². The first kappa shape index (κ1) is 21.1. The third kappa shape index (κ3) is 3.71. The lowest BCUT2D eigenvalue weighted by Gasteiger charge is -2.14. The van der Waals surface area contributed by atoms with Gasteiger partial charge in [0, 0.05) is 16.8 Å². The van der Waals surface area contributed by atoms with E-state index in [1.807, 2.05) is 30.3 Å². The Morgan fingerprint density at radius 2 is 1.68 bits per heavy atom. The van der Waals surface area contributed by atoms with Gasteiger partial charge < -0.3 is 14.8 Å². The number of carbonyl (C=O) groups is 1. The summed E-state index contributed by atoms with van der Waals surface area (Å²) in [6, 6.07) is 21.3. The number of carbonyl (C=O) groups excluding carboxylic acids is 1. The maximum Gasteiger partial charge on any atom is 0.279 e. The molecular formula is C26H20N4O4. The van der Waals surface area contributed by atoms with Gasteiger partial charge in [-0.15, -0.1) is 0 Å². The van der Waals surface area contributed by atoms with Crippen molar-refractivity contribution in [1.29, 1.82) is 0 Å². The highest BCUT2D eigenvalue weighted by atomic mass is 16.5. The van der Waals surface area contributed by atoms with Crippen molar-refractivity contribution in [2.75, 3.05) is 19.5 Å². The van der Waals surface area contributed by atoms with Crippen LogP contribution in [0.1, 0.15) is 10.5 Å². The van der Waals surface area contributed by atoms with Crippen molar-refractivity contribution in [1.82, 2.24) is 14.8 Å². The van der Waals surface area contributed by atoms with Gasteiger partial charge in [-0.05, 0) is 30.3 Å². The standard InChI is InChI=1S/C26H20N4O4/c1-33-18-11-12-22(23(14-18)34-2)30-26(32)20-9-5-4-8-19(20)24(29-30)25(31)28-17-13-16-7-3-6-10-21(16)27-15-17/h3-15H,1-2H3,(H,28,31). The molecule has 0 unspecified atom stereocenters. The quantitative estimate of drug-likeness (QED) is 0.429. The van der Waals surface area contributed by atoms with Crippen LogP contribution in [-0.4, -0.2) is 34.9 Å². The lowest BCUT2D eigenvalue weighted by molar-refractivity contribution is 0.102. The molecule has 0 radical (unpaired) electrons.